The van der Waals surface area contributed by atoms with Gasteiger partial charge in [0, 0.05) is 36.6 Å². The van der Waals surface area contributed by atoms with Gasteiger partial charge in [-0.1, -0.05) is 30.3 Å². The fraction of sp³-hybridized carbons (Fsp3) is 0.222. The van der Waals surface area contributed by atoms with Crippen LogP contribution in [0.3, 0.4) is 0 Å². The molecule has 0 radical (unpaired) electrons. The van der Waals surface area contributed by atoms with Crippen molar-refractivity contribution >= 4 is 17.8 Å². The van der Waals surface area contributed by atoms with Crippen LogP contribution in [0.4, 0.5) is 5.95 Å². The lowest BCUT2D eigenvalue weighted by Gasteiger charge is -2.26. The lowest BCUT2D eigenvalue weighted by Crippen LogP contribution is -2.37. The molecule has 0 saturated carbocycles. The van der Waals surface area contributed by atoms with Gasteiger partial charge < -0.3 is 9.64 Å². The lowest BCUT2D eigenvalue weighted by molar-refractivity contribution is 0.104. The fourth-order valence-electron chi connectivity index (χ4n) is 2.39. The largest absolute Gasteiger partial charge is 0.378 e. The second-order valence-electron chi connectivity index (χ2n) is 5.28. The first-order valence-corrected chi connectivity index (χ1v) is 7.64. The molecule has 1 fully saturated rings. The summed E-state index contributed by atoms with van der Waals surface area (Å²) in [6.07, 6.45) is 4.75. The molecule has 1 saturated heterocycles. The summed E-state index contributed by atoms with van der Waals surface area (Å²) in [4.78, 5) is 23.0. The van der Waals surface area contributed by atoms with Crippen molar-refractivity contribution in [1.82, 2.24) is 9.97 Å². The third kappa shape index (κ3) is 3.65. The minimum atomic E-state index is -0.310. The zero-order valence-electron chi connectivity index (χ0n) is 13.1. The summed E-state index contributed by atoms with van der Waals surface area (Å²) in [7, 11) is 0. The van der Waals surface area contributed by atoms with Gasteiger partial charge in [-0.25, -0.2) is 9.97 Å². The predicted octanol–water partition coefficient (Wildman–Crippen LogP) is 2.10. The van der Waals surface area contributed by atoms with Crippen LogP contribution in [0.25, 0.3) is 6.08 Å². The van der Waals surface area contributed by atoms with E-state index < -0.39 is 0 Å². The Morgan fingerprint density at radius 3 is 2.46 bits per heavy atom. The van der Waals surface area contributed by atoms with E-state index in [0.29, 0.717) is 30.3 Å². The van der Waals surface area contributed by atoms with Crippen molar-refractivity contribution in [3.63, 3.8) is 0 Å². The van der Waals surface area contributed by atoms with Crippen LogP contribution in [0.15, 0.2) is 48.3 Å². The van der Waals surface area contributed by atoms with Crippen LogP contribution < -0.4 is 4.90 Å². The van der Waals surface area contributed by atoms with Gasteiger partial charge in [-0.15, -0.1) is 0 Å². The molecule has 0 unspecified atom stereocenters. The van der Waals surface area contributed by atoms with Gasteiger partial charge in [0.15, 0.2) is 0 Å². The Bertz CT molecular complexity index is 773. The van der Waals surface area contributed by atoms with Gasteiger partial charge >= 0.3 is 0 Å². The number of benzene rings is 1. The van der Waals surface area contributed by atoms with E-state index in [1.165, 1.54) is 6.08 Å². The Hall–Kier alpha value is -3.04. The SMILES string of the molecule is N#CC(=Cc1cnc(N2CCOCC2)nc1)C(=O)c1ccccc1. The van der Waals surface area contributed by atoms with Crippen molar-refractivity contribution in [1.29, 1.82) is 5.26 Å². The number of carbonyl (C=O) groups is 1. The number of nitrogens with zero attached hydrogens (tertiary/aromatic N) is 4. The summed E-state index contributed by atoms with van der Waals surface area (Å²) in [6.45, 7) is 2.83. The zero-order chi connectivity index (χ0) is 16.8. The van der Waals surface area contributed by atoms with Crippen molar-refractivity contribution in [3.05, 3.63) is 59.4 Å². The number of anilines is 1. The first-order valence-electron chi connectivity index (χ1n) is 7.64. The molecule has 1 aromatic carbocycles. The van der Waals surface area contributed by atoms with Crippen LogP contribution in [0.1, 0.15) is 15.9 Å². The van der Waals surface area contributed by atoms with E-state index in [1.807, 2.05) is 17.0 Å². The third-order valence-corrected chi connectivity index (χ3v) is 3.66. The zero-order valence-corrected chi connectivity index (χ0v) is 13.1. The molecule has 2 heterocycles. The predicted molar refractivity (Wildman–Crippen MR) is 89.4 cm³/mol. The molecule has 120 valence electrons. The second-order valence-corrected chi connectivity index (χ2v) is 5.28. The normalized spacial score (nSPS) is 15.0. The van der Waals surface area contributed by atoms with E-state index in [-0.39, 0.29) is 11.4 Å². The molecule has 0 aliphatic carbocycles. The molecule has 2 aromatic rings. The number of ether oxygens (including phenoxy) is 1. The maximum Gasteiger partial charge on any atom is 0.225 e. The molecule has 1 aliphatic rings. The van der Waals surface area contributed by atoms with Gasteiger partial charge in [-0.05, 0) is 6.08 Å². The van der Waals surface area contributed by atoms with E-state index in [0.717, 1.165) is 13.1 Å². The smallest absolute Gasteiger partial charge is 0.225 e. The number of aromatic nitrogens is 2. The highest BCUT2D eigenvalue weighted by Gasteiger charge is 2.14. The minimum absolute atomic E-state index is 0.0592. The molecule has 1 aliphatic heterocycles. The number of nitriles is 1. The van der Waals surface area contributed by atoms with Crippen LogP contribution in [0.2, 0.25) is 0 Å². The van der Waals surface area contributed by atoms with Crippen LogP contribution >= 0.6 is 0 Å². The van der Waals surface area contributed by atoms with E-state index in [2.05, 4.69) is 9.97 Å². The summed E-state index contributed by atoms with van der Waals surface area (Å²) in [5, 5.41) is 9.28. The molecule has 0 atom stereocenters. The second kappa shape index (κ2) is 7.49. The number of hydrogen-bond acceptors (Lipinski definition) is 6. The van der Waals surface area contributed by atoms with E-state index in [9.17, 15) is 10.1 Å². The topological polar surface area (TPSA) is 79.1 Å². The van der Waals surface area contributed by atoms with Crippen molar-refractivity contribution in [3.8, 4) is 6.07 Å². The third-order valence-electron chi connectivity index (χ3n) is 3.66. The molecule has 3 rings (SSSR count). The first kappa shape index (κ1) is 15.8. The van der Waals surface area contributed by atoms with Gasteiger partial charge in [0.1, 0.15) is 11.6 Å². The van der Waals surface area contributed by atoms with Crippen molar-refractivity contribution in [2.45, 2.75) is 0 Å². The van der Waals surface area contributed by atoms with E-state index in [1.54, 1.807) is 36.7 Å². The van der Waals surface area contributed by atoms with Crippen LogP contribution in [-0.2, 0) is 4.74 Å². The van der Waals surface area contributed by atoms with Crippen molar-refractivity contribution in [2.24, 2.45) is 0 Å². The summed E-state index contributed by atoms with van der Waals surface area (Å²) in [6, 6.07) is 10.7. The average Bonchev–Trinajstić information content (AvgIpc) is 2.67. The standard InChI is InChI=1S/C18H16N4O2/c19-11-16(17(23)15-4-2-1-3-5-15)10-14-12-20-18(21-13-14)22-6-8-24-9-7-22/h1-5,10,12-13H,6-9H2. The van der Waals surface area contributed by atoms with Crippen molar-refractivity contribution < 1.29 is 9.53 Å². The summed E-state index contributed by atoms with van der Waals surface area (Å²) in [5.41, 5.74) is 1.16. The van der Waals surface area contributed by atoms with Gasteiger partial charge in [-0.3, -0.25) is 4.79 Å². The molecular weight excluding hydrogens is 304 g/mol. The van der Waals surface area contributed by atoms with Crippen LogP contribution in [0, 0.1) is 11.3 Å². The first-order chi connectivity index (χ1) is 11.8. The molecule has 0 spiro atoms. The van der Waals surface area contributed by atoms with Gasteiger partial charge in [-0.2, -0.15) is 5.26 Å². The average molecular weight is 320 g/mol. The summed E-state index contributed by atoms with van der Waals surface area (Å²) in [5.74, 6) is 0.318. The lowest BCUT2D eigenvalue weighted by atomic mass is 10.0. The Balaban J connectivity index is 1.78. The molecule has 0 N–H and O–H groups in total. The molecule has 24 heavy (non-hydrogen) atoms. The number of rotatable bonds is 4. The molecule has 6 heteroatoms. The molecule has 0 bridgehead atoms. The monoisotopic (exact) mass is 320 g/mol. The molecular formula is C18H16N4O2. The summed E-state index contributed by atoms with van der Waals surface area (Å²) >= 11 is 0. The number of allylic oxidation sites excluding steroid dienone is 1. The fourth-order valence-corrected chi connectivity index (χ4v) is 2.39. The van der Waals surface area contributed by atoms with E-state index >= 15 is 0 Å². The number of ketones is 1. The Morgan fingerprint density at radius 2 is 1.83 bits per heavy atom. The Kier molecular flexibility index (Phi) is 4.94. The summed E-state index contributed by atoms with van der Waals surface area (Å²) < 4.78 is 5.30. The van der Waals surface area contributed by atoms with Gasteiger partial charge in [0.2, 0.25) is 11.7 Å². The van der Waals surface area contributed by atoms with Crippen molar-refractivity contribution in [2.75, 3.05) is 31.2 Å². The van der Waals surface area contributed by atoms with Gasteiger partial charge in [0.25, 0.3) is 0 Å². The van der Waals surface area contributed by atoms with Crippen LogP contribution in [0.5, 0.6) is 0 Å². The number of carbonyl (C=O) groups excluding carboxylic acids is 1. The highest BCUT2D eigenvalue weighted by Crippen LogP contribution is 2.14. The minimum Gasteiger partial charge on any atom is -0.378 e. The quantitative estimate of drug-likeness (QED) is 0.488. The molecule has 1 aromatic heterocycles. The highest BCUT2D eigenvalue weighted by molar-refractivity contribution is 6.13. The number of morpholine rings is 1. The molecule has 0 amide bonds. The Labute approximate surface area is 140 Å². The van der Waals surface area contributed by atoms with Crippen LogP contribution in [-0.4, -0.2) is 42.1 Å². The maximum atomic E-state index is 12.3. The maximum absolute atomic E-state index is 12.3. The number of hydrogen-bond donors (Lipinski definition) is 0. The van der Waals surface area contributed by atoms with Gasteiger partial charge in [0.05, 0.1) is 13.2 Å². The number of Topliss-reactive ketones (excluding diaryl/α,β-unsaturated/α-hetero) is 1. The Morgan fingerprint density at radius 1 is 1.17 bits per heavy atom. The molecule has 6 nitrogen and oxygen atoms in total. The highest BCUT2D eigenvalue weighted by atomic mass is 16.5. The van der Waals surface area contributed by atoms with E-state index in [4.69, 9.17) is 4.74 Å².